The van der Waals surface area contributed by atoms with E-state index in [-0.39, 0.29) is 16.9 Å². The molecule has 6 nitrogen and oxygen atoms in total. The summed E-state index contributed by atoms with van der Waals surface area (Å²) in [4.78, 5) is 10.00. The maximum atomic E-state index is 10.6. The van der Waals surface area contributed by atoms with E-state index >= 15 is 0 Å². The molecule has 2 heterocycles. The first-order valence-electron chi connectivity index (χ1n) is 4.78. The van der Waals surface area contributed by atoms with Gasteiger partial charge in [0.25, 0.3) is 0 Å². The third kappa shape index (κ3) is 2.10. The number of hydrogen-bond acceptors (Lipinski definition) is 4. The van der Waals surface area contributed by atoms with Crippen LogP contribution in [0.2, 0.25) is 5.02 Å². The van der Waals surface area contributed by atoms with Crippen molar-refractivity contribution in [2.75, 3.05) is 13.1 Å². The monoisotopic (exact) mass is 230 g/mol. The summed E-state index contributed by atoms with van der Waals surface area (Å²) < 4.78 is 1.61. The SMILES string of the molecule is O=[N+]([O-])c1nn(C2CCNCC2)cc1Cl. The maximum absolute atomic E-state index is 10.6. The molecule has 0 amide bonds. The fourth-order valence-corrected chi connectivity index (χ4v) is 1.95. The van der Waals surface area contributed by atoms with Crippen LogP contribution in [0.25, 0.3) is 0 Å². The van der Waals surface area contributed by atoms with Gasteiger partial charge in [0.15, 0.2) is 5.02 Å². The van der Waals surface area contributed by atoms with Crippen molar-refractivity contribution in [3.8, 4) is 0 Å². The molecule has 82 valence electrons. The molecule has 0 unspecified atom stereocenters. The Balaban J connectivity index is 2.21. The molecule has 0 saturated carbocycles. The predicted molar refractivity (Wildman–Crippen MR) is 55.0 cm³/mol. The molecule has 1 aromatic rings. The summed E-state index contributed by atoms with van der Waals surface area (Å²) in [5, 5.41) is 17.8. The molecule has 2 rings (SSSR count). The number of halogens is 1. The molecule has 15 heavy (non-hydrogen) atoms. The van der Waals surface area contributed by atoms with Crippen LogP contribution < -0.4 is 5.32 Å². The largest absolute Gasteiger partial charge is 0.408 e. The van der Waals surface area contributed by atoms with Gasteiger partial charge in [0.05, 0.1) is 17.3 Å². The van der Waals surface area contributed by atoms with Gasteiger partial charge in [-0.25, -0.2) is 0 Å². The minimum Gasteiger partial charge on any atom is -0.358 e. The second kappa shape index (κ2) is 4.16. The van der Waals surface area contributed by atoms with E-state index in [2.05, 4.69) is 10.4 Å². The van der Waals surface area contributed by atoms with E-state index in [9.17, 15) is 10.1 Å². The van der Waals surface area contributed by atoms with E-state index in [1.165, 1.54) is 6.20 Å². The molecule has 1 fully saturated rings. The predicted octanol–water partition coefficient (Wildman–Crippen LogP) is 1.37. The van der Waals surface area contributed by atoms with Crippen molar-refractivity contribution in [1.82, 2.24) is 15.1 Å². The summed E-state index contributed by atoms with van der Waals surface area (Å²) in [7, 11) is 0. The quantitative estimate of drug-likeness (QED) is 0.615. The summed E-state index contributed by atoms with van der Waals surface area (Å²) in [6.07, 6.45) is 3.39. The van der Waals surface area contributed by atoms with Gasteiger partial charge < -0.3 is 15.4 Å². The van der Waals surface area contributed by atoms with Gasteiger partial charge in [-0.2, -0.15) is 4.68 Å². The molecule has 0 bridgehead atoms. The zero-order valence-electron chi connectivity index (χ0n) is 8.02. The van der Waals surface area contributed by atoms with E-state index < -0.39 is 4.92 Å². The molecule has 1 aromatic heterocycles. The Morgan fingerprint density at radius 3 is 2.80 bits per heavy atom. The van der Waals surface area contributed by atoms with Crippen LogP contribution in [-0.4, -0.2) is 27.8 Å². The van der Waals surface area contributed by atoms with Crippen LogP contribution in [-0.2, 0) is 0 Å². The van der Waals surface area contributed by atoms with Crippen LogP contribution in [0, 0.1) is 10.1 Å². The van der Waals surface area contributed by atoms with Crippen molar-refractivity contribution in [1.29, 1.82) is 0 Å². The zero-order valence-corrected chi connectivity index (χ0v) is 8.78. The molecule has 0 radical (unpaired) electrons. The molecule has 0 aromatic carbocycles. The first kappa shape index (κ1) is 10.4. The second-order valence-electron chi connectivity index (χ2n) is 3.52. The Kier molecular flexibility index (Phi) is 2.88. The highest BCUT2D eigenvalue weighted by atomic mass is 35.5. The van der Waals surface area contributed by atoms with Crippen molar-refractivity contribution in [3.63, 3.8) is 0 Å². The molecule has 0 atom stereocenters. The summed E-state index contributed by atoms with van der Waals surface area (Å²) >= 11 is 5.72. The highest BCUT2D eigenvalue weighted by Crippen LogP contribution is 2.26. The van der Waals surface area contributed by atoms with Gasteiger partial charge >= 0.3 is 5.82 Å². The van der Waals surface area contributed by atoms with Gasteiger partial charge in [0.1, 0.15) is 0 Å². The molecule has 0 spiro atoms. The molecule has 1 saturated heterocycles. The zero-order chi connectivity index (χ0) is 10.8. The number of hydrogen-bond donors (Lipinski definition) is 1. The number of nitrogens with one attached hydrogen (secondary N) is 1. The number of nitrogens with zero attached hydrogens (tertiary/aromatic N) is 3. The average Bonchev–Trinajstić information content (AvgIpc) is 2.62. The Morgan fingerprint density at radius 2 is 2.27 bits per heavy atom. The molecular weight excluding hydrogens is 220 g/mol. The second-order valence-corrected chi connectivity index (χ2v) is 3.93. The smallest absolute Gasteiger partial charge is 0.358 e. The van der Waals surface area contributed by atoms with Crippen LogP contribution >= 0.6 is 11.6 Å². The summed E-state index contributed by atoms with van der Waals surface area (Å²) in [6, 6.07) is 0.220. The summed E-state index contributed by atoms with van der Waals surface area (Å²) in [6.45, 7) is 1.83. The lowest BCUT2D eigenvalue weighted by Crippen LogP contribution is -2.29. The Hall–Kier alpha value is -1.14. The molecular formula is C8H11ClN4O2. The number of aromatic nitrogens is 2. The first-order valence-corrected chi connectivity index (χ1v) is 5.16. The van der Waals surface area contributed by atoms with Gasteiger partial charge in [-0.15, -0.1) is 0 Å². The van der Waals surface area contributed by atoms with Gasteiger partial charge in [-0.05, 0) is 30.9 Å². The average molecular weight is 231 g/mol. The van der Waals surface area contributed by atoms with Crippen LogP contribution in [0.3, 0.4) is 0 Å². The Morgan fingerprint density at radius 1 is 1.60 bits per heavy atom. The lowest BCUT2D eigenvalue weighted by molar-refractivity contribution is -0.389. The standard InChI is InChI=1S/C8H11ClN4O2/c9-7-5-12(11-8(7)13(14)15)6-1-3-10-4-2-6/h5-6,10H,1-4H2. The van der Waals surface area contributed by atoms with E-state index in [0.717, 1.165) is 25.9 Å². The summed E-state index contributed by atoms with van der Waals surface area (Å²) in [5.74, 6) is -0.254. The van der Waals surface area contributed by atoms with Gasteiger partial charge in [0, 0.05) is 0 Å². The third-order valence-corrected chi connectivity index (χ3v) is 2.79. The van der Waals surface area contributed by atoms with Gasteiger partial charge in [-0.3, -0.25) is 0 Å². The van der Waals surface area contributed by atoms with Crippen molar-refractivity contribution < 1.29 is 4.92 Å². The first-order chi connectivity index (χ1) is 7.18. The highest BCUT2D eigenvalue weighted by molar-refractivity contribution is 6.32. The van der Waals surface area contributed by atoms with Crippen molar-refractivity contribution in [2.45, 2.75) is 18.9 Å². The van der Waals surface area contributed by atoms with E-state index in [1.54, 1.807) is 4.68 Å². The van der Waals surface area contributed by atoms with E-state index in [4.69, 9.17) is 11.6 Å². The molecule has 0 aliphatic carbocycles. The van der Waals surface area contributed by atoms with Crippen molar-refractivity contribution >= 4 is 17.4 Å². The minimum atomic E-state index is -0.556. The van der Waals surface area contributed by atoms with Crippen molar-refractivity contribution in [3.05, 3.63) is 21.3 Å². The topological polar surface area (TPSA) is 73.0 Å². The molecule has 1 N–H and O–H groups in total. The summed E-state index contributed by atoms with van der Waals surface area (Å²) in [5.41, 5.74) is 0. The molecule has 7 heteroatoms. The third-order valence-electron chi connectivity index (χ3n) is 2.53. The van der Waals surface area contributed by atoms with E-state index in [0.29, 0.717) is 0 Å². The highest BCUT2D eigenvalue weighted by Gasteiger charge is 2.24. The molecule has 1 aliphatic heterocycles. The van der Waals surface area contributed by atoms with Gasteiger partial charge in [-0.1, -0.05) is 11.6 Å². The number of piperidine rings is 1. The van der Waals surface area contributed by atoms with Crippen LogP contribution in [0.5, 0.6) is 0 Å². The van der Waals surface area contributed by atoms with Crippen LogP contribution in [0.4, 0.5) is 5.82 Å². The number of nitro groups is 1. The van der Waals surface area contributed by atoms with Crippen LogP contribution in [0.15, 0.2) is 6.20 Å². The van der Waals surface area contributed by atoms with Crippen LogP contribution in [0.1, 0.15) is 18.9 Å². The fourth-order valence-electron chi connectivity index (χ4n) is 1.74. The normalized spacial score (nSPS) is 17.9. The Bertz CT molecular complexity index is 373. The van der Waals surface area contributed by atoms with Gasteiger partial charge in [0.2, 0.25) is 0 Å². The fraction of sp³-hybridized carbons (Fsp3) is 0.625. The lowest BCUT2D eigenvalue weighted by Gasteiger charge is -2.20. The van der Waals surface area contributed by atoms with E-state index in [1.807, 2.05) is 0 Å². The number of rotatable bonds is 2. The molecule has 1 aliphatic rings. The van der Waals surface area contributed by atoms with Crippen molar-refractivity contribution in [2.24, 2.45) is 0 Å². The Labute approximate surface area is 91.4 Å². The minimum absolute atomic E-state index is 0.110. The lowest BCUT2D eigenvalue weighted by atomic mass is 10.1. The maximum Gasteiger partial charge on any atom is 0.408 e.